The van der Waals surface area contributed by atoms with Gasteiger partial charge < -0.3 is 14.2 Å². The molecule has 3 heterocycles. The van der Waals surface area contributed by atoms with Gasteiger partial charge in [-0.3, -0.25) is 0 Å². The van der Waals surface area contributed by atoms with E-state index in [4.69, 9.17) is 9.72 Å². The summed E-state index contributed by atoms with van der Waals surface area (Å²) in [6.07, 6.45) is 5.42. The zero-order valence-electron chi connectivity index (χ0n) is 13.0. The number of fused-ring (bicyclic) bond motifs is 1. The van der Waals surface area contributed by atoms with Gasteiger partial charge in [-0.25, -0.2) is 9.97 Å². The molecule has 114 valence electrons. The van der Waals surface area contributed by atoms with E-state index in [-0.39, 0.29) is 0 Å². The summed E-state index contributed by atoms with van der Waals surface area (Å²) in [5.74, 6) is 1.14. The predicted molar refractivity (Wildman–Crippen MR) is 83.4 cm³/mol. The van der Waals surface area contributed by atoms with Gasteiger partial charge in [-0.05, 0) is 38.1 Å². The van der Waals surface area contributed by atoms with Gasteiger partial charge in [-0.2, -0.15) is 0 Å². The van der Waals surface area contributed by atoms with Crippen LogP contribution in [-0.4, -0.2) is 52.3 Å². The van der Waals surface area contributed by atoms with Crippen LogP contribution < -0.4 is 0 Å². The van der Waals surface area contributed by atoms with E-state index in [2.05, 4.69) is 21.4 Å². The number of methoxy groups -OCH3 is 1. The Morgan fingerprint density at radius 1 is 1.43 bits per heavy atom. The molecule has 0 saturated carbocycles. The SMILES string of the molecule is CCN1CCCC1Cc1nc2cccnc2n1CCOC. The van der Waals surface area contributed by atoms with Crippen molar-refractivity contribution in [2.45, 2.75) is 38.8 Å². The summed E-state index contributed by atoms with van der Waals surface area (Å²) >= 11 is 0. The Bertz CT molecular complexity index is 595. The molecule has 0 aliphatic carbocycles. The Morgan fingerprint density at radius 2 is 2.33 bits per heavy atom. The van der Waals surface area contributed by atoms with E-state index >= 15 is 0 Å². The van der Waals surface area contributed by atoms with Crippen molar-refractivity contribution in [1.82, 2.24) is 19.4 Å². The molecule has 0 bridgehead atoms. The van der Waals surface area contributed by atoms with Crippen molar-refractivity contribution < 1.29 is 4.74 Å². The molecule has 0 amide bonds. The molecule has 1 aliphatic heterocycles. The van der Waals surface area contributed by atoms with Gasteiger partial charge in [0, 0.05) is 32.3 Å². The summed E-state index contributed by atoms with van der Waals surface area (Å²) in [6, 6.07) is 4.61. The molecule has 1 unspecified atom stereocenters. The molecule has 0 radical (unpaired) electrons. The van der Waals surface area contributed by atoms with Crippen molar-refractivity contribution in [3.05, 3.63) is 24.2 Å². The molecule has 1 aliphatic rings. The van der Waals surface area contributed by atoms with Crippen LogP contribution >= 0.6 is 0 Å². The van der Waals surface area contributed by atoms with E-state index < -0.39 is 0 Å². The maximum atomic E-state index is 5.24. The summed E-state index contributed by atoms with van der Waals surface area (Å²) in [5, 5.41) is 0. The first-order valence-electron chi connectivity index (χ1n) is 7.86. The number of hydrogen-bond acceptors (Lipinski definition) is 4. The molecule has 0 aromatic carbocycles. The maximum absolute atomic E-state index is 5.24. The highest BCUT2D eigenvalue weighted by molar-refractivity contribution is 5.71. The highest BCUT2D eigenvalue weighted by Gasteiger charge is 2.25. The van der Waals surface area contributed by atoms with Crippen LogP contribution in [0.3, 0.4) is 0 Å². The molecule has 3 rings (SSSR count). The third-order valence-corrected chi connectivity index (χ3v) is 4.43. The standard InChI is InChI=1S/C16H24N4O/c1-3-19-9-5-6-13(19)12-15-18-14-7-4-8-17-16(14)20(15)10-11-21-2/h4,7-8,13H,3,5-6,9-12H2,1-2H3. The largest absolute Gasteiger partial charge is 0.383 e. The van der Waals surface area contributed by atoms with E-state index in [0.29, 0.717) is 12.6 Å². The first-order chi connectivity index (χ1) is 10.3. The second-order valence-corrected chi connectivity index (χ2v) is 5.65. The molecule has 1 atom stereocenters. The van der Waals surface area contributed by atoms with Crippen LogP contribution in [0, 0.1) is 0 Å². The van der Waals surface area contributed by atoms with Gasteiger partial charge in [-0.15, -0.1) is 0 Å². The predicted octanol–water partition coefficient (Wildman–Crippen LogP) is 2.10. The number of likely N-dealkylation sites (N-methyl/N-ethyl adjacent to an activating group) is 1. The lowest BCUT2D eigenvalue weighted by Crippen LogP contribution is -2.31. The number of aromatic nitrogens is 3. The fourth-order valence-electron chi connectivity index (χ4n) is 3.33. The normalized spacial score (nSPS) is 19.6. The zero-order chi connectivity index (χ0) is 14.7. The van der Waals surface area contributed by atoms with E-state index in [1.807, 2.05) is 18.3 Å². The van der Waals surface area contributed by atoms with E-state index in [1.165, 1.54) is 19.4 Å². The van der Waals surface area contributed by atoms with Crippen LogP contribution in [0.2, 0.25) is 0 Å². The molecule has 2 aromatic heterocycles. The summed E-state index contributed by atoms with van der Waals surface area (Å²) in [7, 11) is 1.74. The summed E-state index contributed by atoms with van der Waals surface area (Å²) in [5.41, 5.74) is 1.97. The van der Waals surface area contributed by atoms with Crippen molar-refractivity contribution in [2.75, 3.05) is 26.8 Å². The van der Waals surface area contributed by atoms with Crippen LogP contribution in [-0.2, 0) is 17.7 Å². The minimum atomic E-state index is 0.619. The number of ether oxygens (including phenoxy) is 1. The molecule has 1 fully saturated rings. The lowest BCUT2D eigenvalue weighted by molar-refractivity contribution is 0.186. The minimum Gasteiger partial charge on any atom is -0.383 e. The van der Waals surface area contributed by atoms with Gasteiger partial charge >= 0.3 is 0 Å². The van der Waals surface area contributed by atoms with Gasteiger partial charge in [0.1, 0.15) is 11.3 Å². The van der Waals surface area contributed by atoms with E-state index in [0.717, 1.165) is 36.5 Å². The van der Waals surface area contributed by atoms with Crippen LogP contribution in [0.5, 0.6) is 0 Å². The molecule has 0 N–H and O–H groups in total. The average molecular weight is 288 g/mol. The Labute approximate surface area is 125 Å². The minimum absolute atomic E-state index is 0.619. The Hall–Kier alpha value is -1.46. The second kappa shape index (κ2) is 6.54. The number of pyridine rings is 1. The third kappa shape index (κ3) is 2.94. The second-order valence-electron chi connectivity index (χ2n) is 5.65. The molecule has 21 heavy (non-hydrogen) atoms. The monoisotopic (exact) mass is 288 g/mol. The molecular formula is C16H24N4O. The maximum Gasteiger partial charge on any atom is 0.160 e. The van der Waals surface area contributed by atoms with Crippen LogP contribution in [0.25, 0.3) is 11.2 Å². The van der Waals surface area contributed by atoms with Gasteiger partial charge in [0.25, 0.3) is 0 Å². The van der Waals surface area contributed by atoms with Crippen molar-refractivity contribution >= 4 is 11.2 Å². The van der Waals surface area contributed by atoms with Gasteiger partial charge in [0.15, 0.2) is 5.65 Å². The summed E-state index contributed by atoms with van der Waals surface area (Å²) in [4.78, 5) is 11.9. The number of likely N-dealkylation sites (tertiary alicyclic amines) is 1. The topological polar surface area (TPSA) is 43.2 Å². The Morgan fingerprint density at radius 3 is 3.14 bits per heavy atom. The van der Waals surface area contributed by atoms with Crippen LogP contribution in [0.1, 0.15) is 25.6 Å². The Balaban J connectivity index is 1.89. The lowest BCUT2D eigenvalue weighted by Gasteiger charge is -2.22. The molecule has 0 spiro atoms. The number of hydrogen-bond donors (Lipinski definition) is 0. The number of imidazole rings is 1. The van der Waals surface area contributed by atoms with Gasteiger partial charge in [0.2, 0.25) is 0 Å². The third-order valence-electron chi connectivity index (χ3n) is 4.43. The van der Waals surface area contributed by atoms with Crippen LogP contribution in [0.4, 0.5) is 0 Å². The van der Waals surface area contributed by atoms with E-state index in [1.54, 1.807) is 7.11 Å². The van der Waals surface area contributed by atoms with Crippen molar-refractivity contribution in [3.63, 3.8) is 0 Å². The van der Waals surface area contributed by atoms with E-state index in [9.17, 15) is 0 Å². The van der Waals surface area contributed by atoms with Crippen LogP contribution in [0.15, 0.2) is 18.3 Å². The number of nitrogens with zero attached hydrogens (tertiary/aromatic N) is 4. The quantitative estimate of drug-likeness (QED) is 0.816. The van der Waals surface area contributed by atoms with Crippen molar-refractivity contribution in [1.29, 1.82) is 0 Å². The lowest BCUT2D eigenvalue weighted by atomic mass is 10.1. The molecular weight excluding hydrogens is 264 g/mol. The molecule has 5 heteroatoms. The summed E-state index contributed by atoms with van der Waals surface area (Å²) in [6.45, 7) is 6.10. The Kier molecular flexibility index (Phi) is 4.51. The number of rotatable bonds is 6. The van der Waals surface area contributed by atoms with Gasteiger partial charge in [0.05, 0.1) is 6.61 Å². The zero-order valence-corrected chi connectivity index (χ0v) is 13.0. The molecule has 2 aromatic rings. The van der Waals surface area contributed by atoms with Crippen molar-refractivity contribution in [3.8, 4) is 0 Å². The van der Waals surface area contributed by atoms with Gasteiger partial charge in [-0.1, -0.05) is 6.92 Å². The van der Waals surface area contributed by atoms with Crippen molar-refractivity contribution in [2.24, 2.45) is 0 Å². The smallest absolute Gasteiger partial charge is 0.160 e. The average Bonchev–Trinajstić information content (AvgIpc) is 3.09. The highest BCUT2D eigenvalue weighted by Crippen LogP contribution is 2.22. The fourth-order valence-corrected chi connectivity index (χ4v) is 3.33. The summed E-state index contributed by atoms with van der Waals surface area (Å²) < 4.78 is 7.47. The highest BCUT2D eigenvalue weighted by atomic mass is 16.5. The first-order valence-corrected chi connectivity index (χ1v) is 7.86. The first kappa shape index (κ1) is 14.5. The molecule has 1 saturated heterocycles. The fraction of sp³-hybridized carbons (Fsp3) is 0.625. The molecule has 5 nitrogen and oxygen atoms in total.